The van der Waals surface area contributed by atoms with E-state index < -0.39 is 0 Å². The van der Waals surface area contributed by atoms with E-state index in [9.17, 15) is 9.59 Å². The Morgan fingerprint density at radius 3 is 2.75 bits per heavy atom. The number of amides is 2. The third-order valence-corrected chi connectivity index (χ3v) is 7.61. The monoisotopic (exact) mass is 486 g/mol. The van der Waals surface area contributed by atoms with Gasteiger partial charge in [0.25, 0.3) is 11.8 Å². The van der Waals surface area contributed by atoms with E-state index in [0.717, 1.165) is 47.2 Å². The van der Waals surface area contributed by atoms with Crippen molar-refractivity contribution >= 4 is 11.8 Å². The minimum atomic E-state index is -0.163. The molecule has 0 spiro atoms. The Morgan fingerprint density at radius 1 is 1.22 bits per heavy atom. The molecule has 2 aromatic carbocycles. The fourth-order valence-corrected chi connectivity index (χ4v) is 5.37. The van der Waals surface area contributed by atoms with E-state index in [1.807, 2.05) is 36.1 Å². The highest BCUT2D eigenvalue weighted by atomic mass is 16.3. The molecule has 2 heterocycles. The van der Waals surface area contributed by atoms with Crippen LogP contribution >= 0.6 is 0 Å². The van der Waals surface area contributed by atoms with Gasteiger partial charge in [0.1, 0.15) is 0 Å². The van der Waals surface area contributed by atoms with Crippen molar-refractivity contribution in [1.29, 1.82) is 0 Å². The van der Waals surface area contributed by atoms with Crippen LogP contribution in [0.1, 0.15) is 82.8 Å². The Kier molecular flexibility index (Phi) is 6.43. The Balaban J connectivity index is 1.31. The highest BCUT2D eigenvalue weighted by Gasteiger charge is 2.33. The van der Waals surface area contributed by atoms with Gasteiger partial charge >= 0.3 is 0 Å². The van der Waals surface area contributed by atoms with E-state index in [2.05, 4.69) is 35.4 Å². The molecule has 36 heavy (non-hydrogen) atoms. The second-order valence-electron chi connectivity index (χ2n) is 10.8. The highest BCUT2D eigenvalue weighted by molar-refractivity contribution is 5.99. The van der Waals surface area contributed by atoms with Crippen LogP contribution in [0.5, 0.6) is 0 Å². The molecule has 0 fully saturated rings. The molecular weight excluding hydrogens is 452 g/mol. The quantitative estimate of drug-likeness (QED) is 0.431. The molecule has 0 radical (unpaired) electrons. The molecule has 7 heteroatoms. The van der Waals surface area contributed by atoms with Crippen LogP contribution in [0.4, 0.5) is 0 Å². The molecule has 0 saturated heterocycles. The van der Waals surface area contributed by atoms with Crippen molar-refractivity contribution in [2.75, 3.05) is 13.2 Å². The number of fused-ring (bicyclic) bond motifs is 2. The van der Waals surface area contributed by atoms with Crippen molar-refractivity contribution in [1.82, 2.24) is 20.4 Å². The molecule has 1 aliphatic heterocycles. The molecule has 3 N–H and O–H groups in total. The summed E-state index contributed by atoms with van der Waals surface area (Å²) in [6.45, 7) is 7.66. The van der Waals surface area contributed by atoms with Gasteiger partial charge in [-0.1, -0.05) is 32.0 Å². The van der Waals surface area contributed by atoms with Crippen LogP contribution in [0.3, 0.4) is 0 Å². The third-order valence-electron chi connectivity index (χ3n) is 7.61. The maximum atomic E-state index is 13.3. The van der Waals surface area contributed by atoms with Gasteiger partial charge in [0, 0.05) is 47.6 Å². The van der Waals surface area contributed by atoms with Crippen LogP contribution in [0.15, 0.2) is 42.5 Å². The van der Waals surface area contributed by atoms with Crippen molar-refractivity contribution in [3.8, 4) is 11.3 Å². The second-order valence-corrected chi connectivity index (χ2v) is 10.8. The summed E-state index contributed by atoms with van der Waals surface area (Å²) in [5.41, 5.74) is 8.22. The maximum Gasteiger partial charge on any atom is 0.255 e. The number of hydrogen-bond donors (Lipinski definition) is 3. The first kappa shape index (κ1) is 24.3. The Labute approximate surface area is 211 Å². The zero-order valence-electron chi connectivity index (χ0n) is 21.2. The van der Waals surface area contributed by atoms with Gasteiger partial charge in [-0.3, -0.25) is 14.7 Å². The smallest absolute Gasteiger partial charge is 0.255 e. The number of carbonyl (C=O) groups is 2. The Hall–Kier alpha value is -3.45. The molecule has 1 aromatic heterocycles. The molecule has 0 unspecified atom stereocenters. The second kappa shape index (κ2) is 9.54. The zero-order valence-corrected chi connectivity index (χ0v) is 21.2. The normalized spacial score (nSPS) is 17.0. The predicted molar refractivity (Wildman–Crippen MR) is 139 cm³/mol. The van der Waals surface area contributed by atoms with Crippen LogP contribution < -0.4 is 5.32 Å². The van der Waals surface area contributed by atoms with E-state index in [4.69, 9.17) is 5.11 Å². The largest absolute Gasteiger partial charge is 0.396 e. The SMILES string of the molecule is C[C@H](c1ccc(C(=O)NCCCO)cc1)N1Cc2cc(-c3n[nH]c4c3CCC(C)(C)C4)ccc2C1=O. The van der Waals surface area contributed by atoms with Crippen LogP contribution in [-0.2, 0) is 19.4 Å². The predicted octanol–water partition coefficient (Wildman–Crippen LogP) is 4.42. The molecule has 3 aromatic rings. The number of aliphatic hydroxyl groups is 1. The number of aromatic nitrogens is 2. The molecule has 2 amide bonds. The van der Waals surface area contributed by atoms with E-state index in [0.29, 0.717) is 30.5 Å². The molecule has 5 rings (SSSR count). The number of rotatable bonds is 7. The number of benzene rings is 2. The summed E-state index contributed by atoms with van der Waals surface area (Å²) in [7, 11) is 0. The van der Waals surface area contributed by atoms with Crippen molar-refractivity contribution < 1.29 is 14.7 Å². The van der Waals surface area contributed by atoms with Crippen LogP contribution in [0.2, 0.25) is 0 Å². The van der Waals surface area contributed by atoms with E-state index in [1.165, 1.54) is 11.3 Å². The summed E-state index contributed by atoms with van der Waals surface area (Å²) in [5, 5.41) is 19.6. The van der Waals surface area contributed by atoms with Gasteiger partial charge in [-0.2, -0.15) is 5.10 Å². The molecule has 0 saturated carbocycles. The number of carbonyl (C=O) groups excluding carboxylic acids is 2. The van der Waals surface area contributed by atoms with Crippen molar-refractivity contribution in [3.05, 3.63) is 76.0 Å². The van der Waals surface area contributed by atoms with Gasteiger partial charge in [0.15, 0.2) is 0 Å². The lowest BCUT2D eigenvalue weighted by Gasteiger charge is -2.29. The summed E-state index contributed by atoms with van der Waals surface area (Å²) in [6, 6.07) is 13.3. The topological polar surface area (TPSA) is 98.3 Å². The summed E-state index contributed by atoms with van der Waals surface area (Å²) >= 11 is 0. The number of nitrogens with one attached hydrogen (secondary N) is 2. The lowest BCUT2D eigenvalue weighted by molar-refractivity contribution is 0.0715. The summed E-state index contributed by atoms with van der Waals surface area (Å²) in [5.74, 6) is -0.135. The summed E-state index contributed by atoms with van der Waals surface area (Å²) in [4.78, 5) is 27.4. The number of H-pyrrole nitrogens is 1. The zero-order chi connectivity index (χ0) is 25.4. The van der Waals surface area contributed by atoms with E-state index in [1.54, 1.807) is 12.1 Å². The van der Waals surface area contributed by atoms with Crippen molar-refractivity contribution in [2.45, 2.75) is 59.0 Å². The molecule has 188 valence electrons. The van der Waals surface area contributed by atoms with Crippen LogP contribution in [0, 0.1) is 5.41 Å². The molecular formula is C29H34N4O3. The van der Waals surface area contributed by atoms with Gasteiger partial charge in [-0.25, -0.2) is 0 Å². The Morgan fingerprint density at radius 2 is 2.00 bits per heavy atom. The summed E-state index contributed by atoms with van der Waals surface area (Å²) in [6.07, 6.45) is 3.70. The Bertz CT molecular complexity index is 1290. The average Bonchev–Trinajstić information content (AvgIpc) is 3.43. The molecule has 2 aliphatic rings. The lowest BCUT2D eigenvalue weighted by atomic mass is 9.76. The van der Waals surface area contributed by atoms with Crippen LogP contribution in [0.25, 0.3) is 11.3 Å². The van der Waals surface area contributed by atoms with Gasteiger partial charge in [0.2, 0.25) is 0 Å². The lowest BCUT2D eigenvalue weighted by Crippen LogP contribution is -2.27. The first-order valence-corrected chi connectivity index (χ1v) is 12.8. The fraction of sp³-hybridized carbons (Fsp3) is 0.414. The molecule has 1 aliphatic carbocycles. The molecule has 1 atom stereocenters. The van der Waals surface area contributed by atoms with E-state index >= 15 is 0 Å². The number of hydrogen-bond acceptors (Lipinski definition) is 4. The molecule has 0 bridgehead atoms. The number of aliphatic hydroxyl groups excluding tert-OH is 1. The molecule has 7 nitrogen and oxygen atoms in total. The first-order chi connectivity index (χ1) is 17.3. The summed E-state index contributed by atoms with van der Waals surface area (Å²) < 4.78 is 0. The van der Waals surface area contributed by atoms with Gasteiger partial charge < -0.3 is 15.3 Å². The highest BCUT2D eigenvalue weighted by Crippen LogP contribution is 2.39. The third kappa shape index (κ3) is 4.55. The average molecular weight is 487 g/mol. The fourth-order valence-electron chi connectivity index (χ4n) is 5.37. The van der Waals surface area contributed by atoms with Crippen LogP contribution in [-0.4, -0.2) is 45.2 Å². The first-order valence-electron chi connectivity index (χ1n) is 12.8. The maximum absolute atomic E-state index is 13.3. The minimum absolute atomic E-state index is 0.0284. The van der Waals surface area contributed by atoms with Crippen molar-refractivity contribution in [3.63, 3.8) is 0 Å². The van der Waals surface area contributed by atoms with Crippen molar-refractivity contribution in [2.24, 2.45) is 5.41 Å². The van der Waals surface area contributed by atoms with Gasteiger partial charge in [-0.05, 0) is 73.4 Å². The van der Waals surface area contributed by atoms with Gasteiger partial charge in [0.05, 0.1) is 11.7 Å². The van der Waals surface area contributed by atoms with Gasteiger partial charge in [-0.15, -0.1) is 0 Å². The number of nitrogens with zero attached hydrogens (tertiary/aromatic N) is 2. The van der Waals surface area contributed by atoms with E-state index in [-0.39, 0.29) is 24.5 Å². The number of aromatic amines is 1. The standard InChI is InChI=1S/C29H34N4O3/c1-18(19-5-7-20(8-6-19)27(35)30-13-4-14-34)33-17-22-15-21(9-10-23(22)28(33)36)26-24-11-12-29(2,3)16-25(24)31-32-26/h5-10,15,18,34H,4,11-14,16-17H2,1-3H3,(H,30,35)(H,31,32)/t18-/m1/s1. The minimum Gasteiger partial charge on any atom is -0.396 e.